The summed E-state index contributed by atoms with van der Waals surface area (Å²) in [6, 6.07) is 5.93. The van der Waals surface area contributed by atoms with Crippen LogP contribution in [0.4, 0.5) is 10.1 Å². The van der Waals surface area contributed by atoms with Crippen LogP contribution in [0.15, 0.2) is 18.2 Å². The first kappa shape index (κ1) is 13.3. The fourth-order valence-corrected chi connectivity index (χ4v) is 2.42. The smallest absolute Gasteiger partial charge is 0.146 e. The molecule has 18 heavy (non-hydrogen) atoms. The van der Waals surface area contributed by atoms with Crippen molar-refractivity contribution in [1.29, 1.82) is 0 Å². The standard InChI is InChI=1S/C15H23FN2/c1-11(2)10-18(13-7-8-13)15-12(9-17-3)5-4-6-14(15)16/h4-6,11,13,17H,7-10H2,1-3H3. The SMILES string of the molecule is CNCc1cccc(F)c1N(CC(C)C)C1CC1. The van der Waals surface area contributed by atoms with Gasteiger partial charge in [0.15, 0.2) is 0 Å². The zero-order valence-corrected chi connectivity index (χ0v) is 11.5. The number of benzene rings is 1. The first-order valence-corrected chi connectivity index (χ1v) is 6.82. The maximum absolute atomic E-state index is 14.2. The molecule has 0 aromatic heterocycles. The number of hydrogen-bond donors (Lipinski definition) is 1. The number of anilines is 1. The summed E-state index contributed by atoms with van der Waals surface area (Å²) in [5.74, 6) is 0.461. The number of nitrogens with zero attached hydrogens (tertiary/aromatic N) is 1. The summed E-state index contributed by atoms with van der Waals surface area (Å²) < 4.78 is 14.2. The molecule has 1 N–H and O–H groups in total. The van der Waals surface area contributed by atoms with Gasteiger partial charge in [-0.1, -0.05) is 26.0 Å². The van der Waals surface area contributed by atoms with E-state index in [2.05, 4.69) is 24.1 Å². The molecule has 0 saturated heterocycles. The van der Waals surface area contributed by atoms with E-state index in [1.807, 2.05) is 13.1 Å². The monoisotopic (exact) mass is 250 g/mol. The molecule has 1 saturated carbocycles. The zero-order valence-electron chi connectivity index (χ0n) is 11.5. The highest BCUT2D eigenvalue weighted by molar-refractivity contribution is 5.56. The molecule has 0 aliphatic heterocycles. The van der Waals surface area contributed by atoms with E-state index in [1.54, 1.807) is 12.1 Å². The highest BCUT2D eigenvalue weighted by Crippen LogP contribution is 2.35. The minimum Gasteiger partial charge on any atom is -0.366 e. The molecule has 2 nitrogen and oxygen atoms in total. The van der Waals surface area contributed by atoms with Crippen molar-refractivity contribution in [2.24, 2.45) is 5.92 Å². The molecule has 2 rings (SSSR count). The van der Waals surface area contributed by atoms with E-state index >= 15 is 0 Å². The van der Waals surface area contributed by atoms with E-state index in [1.165, 1.54) is 12.8 Å². The summed E-state index contributed by atoms with van der Waals surface area (Å²) >= 11 is 0. The zero-order chi connectivity index (χ0) is 13.1. The lowest BCUT2D eigenvalue weighted by molar-refractivity contribution is 0.573. The Morgan fingerprint density at radius 1 is 1.39 bits per heavy atom. The Hall–Kier alpha value is -1.09. The molecule has 3 heteroatoms. The van der Waals surface area contributed by atoms with Crippen molar-refractivity contribution in [3.05, 3.63) is 29.6 Å². The molecule has 0 bridgehead atoms. The Kier molecular flexibility index (Phi) is 4.23. The minimum absolute atomic E-state index is 0.0877. The Bertz CT molecular complexity index is 399. The van der Waals surface area contributed by atoms with Crippen molar-refractivity contribution in [2.45, 2.75) is 39.3 Å². The summed E-state index contributed by atoms with van der Waals surface area (Å²) in [5.41, 5.74) is 1.87. The predicted octanol–water partition coefficient (Wildman–Crippen LogP) is 3.17. The summed E-state index contributed by atoms with van der Waals surface area (Å²) in [6.07, 6.45) is 2.39. The third-order valence-electron chi connectivity index (χ3n) is 3.27. The molecule has 1 aromatic rings. The van der Waals surface area contributed by atoms with Crippen molar-refractivity contribution in [3.8, 4) is 0 Å². The Morgan fingerprint density at radius 3 is 2.67 bits per heavy atom. The Balaban J connectivity index is 2.32. The maximum Gasteiger partial charge on any atom is 0.146 e. The van der Waals surface area contributed by atoms with Crippen LogP contribution in [-0.2, 0) is 6.54 Å². The molecule has 0 amide bonds. The minimum atomic E-state index is -0.0877. The van der Waals surface area contributed by atoms with Crippen LogP contribution in [0.3, 0.4) is 0 Å². The predicted molar refractivity (Wildman–Crippen MR) is 74.4 cm³/mol. The summed E-state index contributed by atoms with van der Waals surface area (Å²) in [5, 5.41) is 3.13. The van der Waals surface area contributed by atoms with Gasteiger partial charge < -0.3 is 10.2 Å². The lowest BCUT2D eigenvalue weighted by Gasteiger charge is -2.29. The van der Waals surface area contributed by atoms with E-state index in [9.17, 15) is 4.39 Å². The van der Waals surface area contributed by atoms with Crippen LogP contribution in [0.25, 0.3) is 0 Å². The van der Waals surface area contributed by atoms with Crippen molar-refractivity contribution in [3.63, 3.8) is 0 Å². The lowest BCUT2D eigenvalue weighted by Crippen LogP contribution is -2.32. The second-order valence-electron chi connectivity index (χ2n) is 5.56. The molecule has 0 heterocycles. The molecular formula is C15H23FN2. The number of rotatable bonds is 6. The van der Waals surface area contributed by atoms with Crippen LogP contribution >= 0.6 is 0 Å². The van der Waals surface area contributed by atoms with Gasteiger partial charge in [0.05, 0.1) is 5.69 Å². The molecule has 1 aliphatic carbocycles. The highest BCUT2D eigenvalue weighted by Gasteiger charge is 2.32. The summed E-state index contributed by atoms with van der Waals surface area (Å²) in [7, 11) is 1.90. The van der Waals surface area contributed by atoms with Crippen molar-refractivity contribution >= 4 is 5.69 Å². The average molecular weight is 250 g/mol. The third kappa shape index (κ3) is 3.02. The molecule has 100 valence electrons. The van der Waals surface area contributed by atoms with Gasteiger partial charge in [0.2, 0.25) is 0 Å². The van der Waals surface area contributed by atoms with Crippen LogP contribution in [0.5, 0.6) is 0 Å². The van der Waals surface area contributed by atoms with Gasteiger partial charge in [-0.3, -0.25) is 0 Å². The molecule has 0 atom stereocenters. The van der Waals surface area contributed by atoms with Gasteiger partial charge in [-0.2, -0.15) is 0 Å². The third-order valence-corrected chi connectivity index (χ3v) is 3.27. The van der Waals surface area contributed by atoms with Crippen molar-refractivity contribution in [2.75, 3.05) is 18.5 Å². The van der Waals surface area contributed by atoms with Gasteiger partial charge in [-0.25, -0.2) is 4.39 Å². The van der Waals surface area contributed by atoms with Crippen LogP contribution in [0.1, 0.15) is 32.3 Å². The quantitative estimate of drug-likeness (QED) is 0.834. The average Bonchev–Trinajstić information content (AvgIpc) is 3.11. The highest BCUT2D eigenvalue weighted by atomic mass is 19.1. The van der Waals surface area contributed by atoms with Gasteiger partial charge >= 0.3 is 0 Å². The number of nitrogens with one attached hydrogen (secondary N) is 1. The van der Waals surface area contributed by atoms with E-state index in [0.29, 0.717) is 18.5 Å². The number of para-hydroxylation sites is 1. The van der Waals surface area contributed by atoms with Crippen LogP contribution in [-0.4, -0.2) is 19.6 Å². The fourth-order valence-electron chi connectivity index (χ4n) is 2.42. The maximum atomic E-state index is 14.2. The lowest BCUT2D eigenvalue weighted by atomic mass is 10.1. The van der Waals surface area contributed by atoms with Gasteiger partial charge in [-0.15, -0.1) is 0 Å². The summed E-state index contributed by atoms with van der Waals surface area (Å²) in [4.78, 5) is 2.27. The van der Waals surface area contributed by atoms with Gasteiger partial charge in [-0.05, 0) is 37.4 Å². The van der Waals surface area contributed by atoms with Crippen LogP contribution in [0.2, 0.25) is 0 Å². The molecule has 1 fully saturated rings. The normalized spacial score (nSPS) is 15.2. The Labute approximate surface area is 109 Å². The van der Waals surface area contributed by atoms with E-state index in [0.717, 1.165) is 17.8 Å². The van der Waals surface area contributed by atoms with Gasteiger partial charge in [0, 0.05) is 19.1 Å². The molecule has 0 spiro atoms. The van der Waals surface area contributed by atoms with Crippen LogP contribution < -0.4 is 10.2 Å². The van der Waals surface area contributed by atoms with Crippen LogP contribution in [0, 0.1) is 11.7 Å². The molecule has 1 aromatic carbocycles. The van der Waals surface area contributed by atoms with Gasteiger partial charge in [0.1, 0.15) is 5.82 Å². The molecular weight excluding hydrogens is 227 g/mol. The van der Waals surface area contributed by atoms with E-state index in [4.69, 9.17) is 0 Å². The number of hydrogen-bond acceptors (Lipinski definition) is 2. The van der Waals surface area contributed by atoms with Gasteiger partial charge in [0.25, 0.3) is 0 Å². The van der Waals surface area contributed by atoms with E-state index < -0.39 is 0 Å². The molecule has 1 aliphatic rings. The van der Waals surface area contributed by atoms with E-state index in [-0.39, 0.29) is 5.82 Å². The first-order chi connectivity index (χ1) is 8.63. The molecule has 0 radical (unpaired) electrons. The second-order valence-corrected chi connectivity index (χ2v) is 5.56. The van der Waals surface area contributed by atoms with Crippen molar-refractivity contribution < 1.29 is 4.39 Å². The fraction of sp³-hybridized carbons (Fsp3) is 0.600. The van der Waals surface area contributed by atoms with Crippen molar-refractivity contribution in [1.82, 2.24) is 5.32 Å². The number of halogens is 1. The Morgan fingerprint density at radius 2 is 2.11 bits per heavy atom. The first-order valence-electron chi connectivity index (χ1n) is 6.82. The molecule has 0 unspecified atom stereocenters. The largest absolute Gasteiger partial charge is 0.366 e. The summed E-state index contributed by atoms with van der Waals surface area (Å²) in [6.45, 7) is 6.03. The second kappa shape index (κ2) is 5.70. The topological polar surface area (TPSA) is 15.3 Å².